The fourth-order valence-electron chi connectivity index (χ4n) is 4.02. The van der Waals surface area contributed by atoms with Crippen molar-refractivity contribution in [3.8, 4) is 0 Å². The number of sulfonamides is 1. The summed E-state index contributed by atoms with van der Waals surface area (Å²) in [5, 5.41) is 12.5. The Balaban J connectivity index is 1.66. The SMILES string of the molecule is CCC(CO)N1CCN(S(=O)(=O)c2ccc(C(=O)NC(C)(C)c3ccccc3)cc2)CC1. The number of nitrogens with zero attached hydrogens (tertiary/aromatic N) is 2. The van der Waals surface area contributed by atoms with E-state index in [-0.39, 0.29) is 23.5 Å². The molecule has 2 N–H and O–H groups in total. The molecule has 3 rings (SSSR count). The smallest absolute Gasteiger partial charge is 0.251 e. The number of benzene rings is 2. The Morgan fingerprint density at radius 2 is 1.62 bits per heavy atom. The number of hydrogen-bond acceptors (Lipinski definition) is 5. The van der Waals surface area contributed by atoms with Gasteiger partial charge in [0.05, 0.1) is 17.0 Å². The molecule has 1 unspecified atom stereocenters. The van der Waals surface area contributed by atoms with Gasteiger partial charge in [-0.15, -0.1) is 0 Å². The molecule has 1 aliphatic rings. The summed E-state index contributed by atoms with van der Waals surface area (Å²) in [4.78, 5) is 15.1. The van der Waals surface area contributed by atoms with E-state index in [9.17, 15) is 18.3 Å². The Hall–Kier alpha value is -2.26. The number of carbonyl (C=O) groups is 1. The average Bonchev–Trinajstić information content (AvgIpc) is 2.80. The van der Waals surface area contributed by atoms with E-state index in [0.717, 1.165) is 12.0 Å². The molecule has 174 valence electrons. The van der Waals surface area contributed by atoms with E-state index in [1.807, 2.05) is 51.1 Å². The van der Waals surface area contributed by atoms with Crippen LogP contribution in [0.15, 0.2) is 59.5 Å². The maximum atomic E-state index is 13.1. The van der Waals surface area contributed by atoms with Crippen LogP contribution in [0.5, 0.6) is 0 Å². The lowest BCUT2D eigenvalue weighted by Crippen LogP contribution is -2.52. The highest BCUT2D eigenvalue weighted by molar-refractivity contribution is 7.89. The molecule has 2 aromatic rings. The number of hydrogen-bond donors (Lipinski definition) is 2. The second kappa shape index (κ2) is 10.1. The standard InChI is InChI=1S/C24H33N3O4S/c1-4-21(18-28)26-14-16-27(17-15-26)32(30,31)22-12-10-19(11-13-22)23(29)25-24(2,3)20-8-6-5-7-9-20/h5-13,21,28H,4,14-18H2,1-3H3,(H,25,29). The van der Waals surface area contributed by atoms with Gasteiger partial charge in [0.15, 0.2) is 0 Å². The molecular formula is C24H33N3O4S. The quantitative estimate of drug-likeness (QED) is 0.633. The van der Waals surface area contributed by atoms with Crippen LogP contribution in [0, 0.1) is 0 Å². The molecule has 1 amide bonds. The van der Waals surface area contributed by atoms with Gasteiger partial charge in [-0.3, -0.25) is 9.69 Å². The van der Waals surface area contributed by atoms with E-state index in [1.165, 1.54) is 16.4 Å². The van der Waals surface area contributed by atoms with E-state index in [2.05, 4.69) is 10.2 Å². The molecule has 2 aromatic carbocycles. The summed E-state index contributed by atoms with van der Waals surface area (Å²) in [6.07, 6.45) is 0.827. The molecule has 1 fully saturated rings. The highest BCUT2D eigenvalue weighted by Crippen LogP contribution is 2.22. The third kappa shape index (κ3) is 5.38. The Kier molecular flexibility index (Phi) is 7.71. The van der Waals surface area contributed by atoms with Crippen LogP contribution in [0.25, 0.3) is 0 Å². The first-order valence-corrected chi connectivity index (χ1v) is 12.5. The van der Waals surface area contributed by atoms with Crippen molar-refractivity contribution in [3.05, 3.63) is 65.7 Å². The van der Waals surface area contributed by atoms with Crippen molar-refractivity contribution in [3.63, 3.8) is 0 Å². The van der Waals surface area contributed by atoms with Crippen LogP contribution in [-0.4, -0.2) is 67.5 Å². The fraction of sp³-hybridized carbons (Fsp3) is 0.458. The second-order valence-corrected chi connectivity index (χ2v) is 10.6. The first-order valence-electron chi connectivity index (χ1n) is 11.0. The van der Waals surface area contributed by atoms with Crippen LogP contribution in [0.1, 0.15) is 43.1 Å². The molecule has 0 bridgehead atoms. The summed E-state index contributed by atoms with van der Waals surface area (Å²) >= 11 is 0. The van der Waals surface area contributed by atoms with Crippen LogP contribution >= 0.6 is 0 Å². The van der Waals surface area contributed by atoms with Crippen molar-refractivity contribution in [2.24, 2.45) is 0 Å². The predicted octanol–water partition coefficient (Wildman–Crippen LogP) is 2.43. The maximum Gasteiger partial charge on any atom is 0.251 e. The van der Waals surface area contributed by atoms with Crippen molar-refractivity contribution < 1.29 is 18.3 Å². The Bertz CT molecular complexity index is 995. The van der Waals surface area contributed by atoms with Crippen LogP contribution in [0.2, 0.25) is 0 Å². The lowest BCUT2D eigenvalue weighted by Gasteiger charge is -2.37. The van der Waals surface area contributed by atoms with Crippen LogP contribution in [-0.2, 0) is 15.6 Å². The minimum atomic E-state index is -3.63. The van der Waals surface area contributed by atoms with Gasteiger partial charge in [-0.05, 0) is 50.1 Å². The normalized spacial score (nSPS) is 17.1. The predicted molar refractivity (Wildman–Crippen MR) is 125 cm³/mol. The first-order chi connectivity index (χ1) is 15.2. The van der Waals surface area contributed by atoms with Gasteiger partial charge in [0.1, 0.15) is 0 Å². The molecule has 0 spiro atoms. The number of carbonyl (C=O) groups excluding carboxylic acids is 1. The highest BCUT2D eigenvalue weighted by Gasteiger charge is 2.31. The summed E-state index contributed by atoms with van der Waals surface area (Å²) in [6.45, 7) is 7.90. The van der Waals surface area contributed by atoms with Crippen molar-refractivity contribution in [1.29, 1.82) is 0 Å². The minimum absolute atomic E-state index is 0.0674. The molecule has 1 heterocycles. The summed E-state index contributed by atoms with van der Waals surface area (Å²) in [5.41, 5.74) is 0.831. The molecule has 0 saturated carbocycles. The van der Waals surface area contributed by atoms with E-state index in [0.29, 0.717) is 31.7 Å². The summed E-state index contributed by atoms with van der Waals surface area (Å²) in [5.74, 6) is -0.258. The van der Waals surface area contributed by atoms with Crippen molar-refractivity contribution in [2.75, 3.05) is 32.8 Å². The number of aliphatic hydroxyl groups excluding tert-OH is 1. The third-order valence-electron chi connectivity index (χ3n) is 6.15. The topological polar surface area (TPSA) is 90.0 Å². The molecule has 1 atom stereocenters. The largest absolute Gasteiger partial charge is 0.395 e. The van der Waals surface area contributed by atoms with Gasteiger partial charge in [0.25, 0.3) is 5.91 Å². The van der Waals surface area contributed by atoms with Gasteiger partial charge in [-0.2, -0.15) is 4.31 Å². The minimum Gasteiger partial charge on any atom is -0.395 e. The molecule has 1 aliphatic heterocycles. The number of piperazine rings is 1. The number of rotatable bonds is 8. The molecule has 8 heteroatoms. The number of nitrogens with one attached hydrogen (secondary N) is 1. The molecule has 0 aliphatic carbocycles. The number of amides is 1. The third-order valence-corrected chi connectivity index (χ3v) is 8.06. The van der Waals surface area contributed by atoms with Gasteiger partial charge in [0, 0.05) is 37.8 Å². The summed E-state index contributed by atoms with van der Waals surface area (Å²) in [7, 11) is -3.63. The fourth-order valence-corrected chi connectivity index (χ4v) is 5.44. The van der Waals surface area contributed by atoms with E-state index in [1.54, 1.807) is 12.1 Å². The molecule has 1 saturated heterocycles. The van der Waals surface area contributed by atoms with E-state index >= 15 is 0 Å². The zero-order chi connectivity index (χ0) is 23.4. The number of aliphatic hydroxyl groups is 1. The average molecular weight is 460 g/mol. The maximum absolute atomic E-state index is 13.1. The van der Waals surface area contributed by atoms with Gasteiger partial charge >= 0.3 is 0 Å². The lowest BCUT2D eigenvalue weighted by atomic mass is 9.94. The van der Waals surface area contributed by atoms with Crippen LogP contribution < -0.4 is 5.32 Å². The molecule has 7 nitrogen and oxygen atoms in total. The summed E-state index contributed by atoms with van der Waals surface area (Å²) < 4.78 is 27.6. The van der Waals surface area contributed by atoms with E-state index in [4.69, 9.17) is 0 Å². The Morgan fingerprint density at radius 3 is 2.16 bits per heavy atom. The van der Waals surface area contributed by atoms with Gasteiger partial charge < -0.3 is 10.4 Å². The highest BCUT2D eigenvalue weighted by atomic mass is 32.2. The Morgan fingerprint density at radius 1 is 1.03 bits per heavy atom. The van der Waals surface area contributed by atoms with E-state index < -0.39 is 15.6 Å². The lowest BCUT2D eigenvalue weighted by molar-refractivity contribution is 0.0880. The summed E-state index contributed by atoms with van der Waals surface area (Å²) in [6, 6.07) is 15.9. The van der Waals surface area contributed by atoms with Gasteiger partial charge in [-0.1, -0.05) is 37.3 Å². The first kappa shape index (κ1) is 24.4. The van der Waals surface area contributed by atoms with Gasteiger partial charge in [0.2, 0.25) is 10.0 Å². The molecular weight excluding hydrogens is 426 g/mol. The molecule has 0 radical (unpaired) electrons. The monoisotopic (exact) mass is 459 g/mol. The molecule has 0 aromatic heterocycles. The zero-order valence-electron chi connectivity index (χ0n) is 19.0. The van der Waals surface area contributed by atoms with Crippen LogP contribution in [0.4, 0.5) is 0 Å². The van der Waals surface area contributed by atoms with Crippen molar-refractivity contribution in [1.82, 2.24) is 14.5 Å². The molecule has 32 heavy (non-hydrogen) atoms. The van der Waals surface area contributed by atoms with Crippen molar-refractivity contribution >= 4 is 15.9 Å². The second-order valence-electron chi connectivity index (χ2n) is 8.65. The zero-order valence-corrected chi connectivity index (χ0v) is 19.8. The van der Waals surface area contributed by atoms with Crippen LogP contribution in [0.3, 0.4) is 0 Å². The van der Waals surface area contributed by atoms with Crippen molar-refractivity contribution in [2.45, 2.75) is 43.7 Å². The van der Waals surface area contributed by atoms with Gasteiger partial charge in [-0.25, -0.2) is 8.42 Å². The Labute approximate surface area is 191 Å².